The monoisotopic (exact) mass is 401 g/mol. The summed E-state index contributed by atoms with van der Waals surface area (Å²) in [5, 5.41) is 21.2. The zero-order valence-corrected chi connectivity index (χ0v) is 16.4. The topological polar surface area (TPSA) is 102 Å². The zero-order chi connectivity index (χ0) is 21.1. The van der Waals surface area contributed by atoms with Gasteiger partial charge in [0.05, 0.1) is 23.5 Å². The number of allylic oxidation sites excluding steroid dienone is 1. The third-order valence-corrected chi connectivity index (χ3v) is 5.04. The van der Waals surface area contributed by atoms with Crippen LogP contribution >= 0.6 is 0 Å². The molecule has 7 heteroatoms. The molecule has 3 aromatic rings. The van der Waals surface area contributed by atoms with E-state index in [1.807, 2.05) is 25.1 Å². The van der Waals surface area contributed by atoms with Crippen molar-refractivity contribution in [3.8, 4) is 23.1 Å². The molecule has 2 aromatic heterocycles. The largest absolute Gasteiger partial charge is 0.477 e. The smallest absolute Gasteiger partial charge is 0.270 e. The van der Waals surface area contributed by atoms with Gasteiger partial charge in [0, 0.05) is 17.7 Å². The first-order valence-electron chi connectivity index (χ1n) is 9.71. The minimum Gasteiger partial charge on any atom is -0.477 e. The second-order valence-corrected chi connectivity index (χ2v) is 6.88. The van der Waals surface area contributed by atoms with Crippen LogP contribution in [-0.2, 0) is 6.42 Å². The van der Waals surface area contributed by atoms with Crippen LogP contribution in [0.15, 0.2) is 47.1 Å². The quantitative estimate of drug-likeness (QED) is 0.419. The molecule has 0 saturated heterocycles. The minimum absolute atomic E-state index is 0.0259. The molecule has 0 fully saturated rings. The van der Waals surface area contributed by atoms with Crippen molar-refractivity contribution in [2.75, 3.05) is 6.61 Å². The molecule has 2 heterocycles. The van der Waals surface area contributed by atoms with Crippen LogP contribution in [0.25, 0.3) is 22.8 Å². The highest BCUT2D eigenvalue weighted by Gasteiger charge is 2.27. The Kier molecular flexibility index (Phi) is 5.31. The summed E-state index contributed by atoms with van der Waals surface area (Å²) in [5.41, 5.74) is 4.18. The van der Waals surface area contributed by atoms with Crippen molar-refractivity contribution in [2.45, 2.75) is 26.2 Å². The van der Waals surface area contributed by atoms with Crippen molar-refractivity contribution in [3.63, 3.8) is 0 Å². The first-order valence-corrected chi connectivity index (χ1v) is 9.71. The van der Waals surface area contributed by atoms with Gasteiger partial charge in [-0.3, -0.25) is 10.1 Å². The highest BCUT2D eigenvalue weighted by atomic mass is 16.6. The highest BCUT2D eigenvalue weighted by molar-refractivity contribution is 5.87. The van der Waals surface area contributed by atoms with E-state index >= 15 is 0 Å². The first kappa shape index (κ1) is 19.4. The van der Waals surface area contributed by atoms with E-state index in [0.717, 1.165) is 41.9 Å². The summed E-state index contributed by atoms with van der Waals surface area (Å²) in [4.78, 5) is 15.6. The van der Waals surface area contributed by atoms with E-state index in [4.69, 9.17) is 14.1 Å². The van der Waals surface area contributed by atoms with Gasteiger partial charge < -0.3 is 9.15 Å². The molecule has 1 aromatic carbocycles. The predicted octanol–water partition coefficient (Wildman–Crippen LogP) is 5.40. The summed E-state index contributed by atoms with van der Waals surface area (Å²) in [6.45, 7) is 2.18. The van der Waals surface area contributed by atoms with Gasteiger partial charge in [-0.2, -0.15) is 5.26 Å². The van der Waals surface area contributed by atoms with Crippen LogP contribution < -0.4 is 4.74 Å². The number of ether oxygens (including phenoxy) is 1. The normalized spacial score (nSPS) is 14.2. The molecule has 1 aliphatic carbocycles. The summed E-state index contributed by atoms with van der Waals surface area (Å²) in [5.74, 6) is 0.964. The van der Waals surface area contributed by atoms with Gasteiger partial charge in [0.25, 0.3) is 5.69 Å². The zero-order valence-electron chi connectivity index (χ0n) is 16.4. The Labute approximate surface area is 173 Å². The number of rotatable bonds is 5. The lowest BCUT2D eigenvalue weighted by atomic mass is 9.84. The van der Waals surface area contributed by atoms with Gasteiger partial charge in [0.15, 0.2) is 0 Å². The van der Waals surface area contributed by atoms with Crippen LogP contribution in [0.1, 0.15) is 42.3 Å². The van der Waals surface area contributed by atoms with Crippen molar-refractivity contribution in [1.29, 1.82) is 5.26 Å². The third kappa shape index (κ3) is 3.55. The summed E-state index contributed by atoms with van der Waals surface area (Å²) < 4.78 is 11.2. The van der Waals surface area contributed by atoms with Crippen LogP contribution in [0.2, 0.25) is 0 Å². The maximum Gasteiger partial charge on any atom is 0.270 e. The number of nitrogens with zero attached hydrogens (tertiary/aromatic N) is 3. The maximum atomic E-state index is 11.3. The Morgan fingerprint density at radius 3 is 2.90 bits per heavy atom. The first-order chi connectivity index (χ1) is 14.6. The Morgan fingerprint density at radius 1 is 1.33 bits per heavy atom. The van der Waals surface area contributed by atoms with E-state index in [0.29, 0.717) is 23.3 Å². The van der Waals surface area contributed by atoms with Crippen LogP contribution in [-0.4, -0.2) is 16.5 Å². The van der Waals surface area contributed by atoms with E-state index in [-0.39, 0.29) is 11.6 Å². The van der Waals surface area contributed by atoms with Gasteiger partial charge in [0.2, 0.25) is 5.88 Å². The van der Waals surface area contributed by atoms with Crippen molar-refractivity contribution < 1.29 is 14.1 Å². The standard InChI is InChI=1S/C23H19N3O4/c1-2-29-23-20(14-24)21(15-6-3-8-17(12-15)26(27)28)19-10-4-7-16(22(19)25-23)13-18-9-5-11-30-18/h3,5-6,8-9,11-13H,2,4,7,10H2,1H3. The molecule has 1 aliphatic rings. The number of hydrogen-bond donors (Lipinski definition) is 0. The van der Waals surface area contributed by atoms with Crippen molar-refractivity contribution in [2.24, 2.45) is 0 Å². The molecule has 0 spiro atoms. The SMILES string of the molecule is CCOc1nc2c(c(-c3cccc([N+](=O)[O-])c3)c1C#N)CCCC2=Cc1ccco1. The van der Waals surface area contributed by atoms with Crippen molar-refractivity contribution in [3.05, 3.63) is 75.4 Å². The van der Waals surface area contributed by atoms with E-state index < -0.39 is 4.92 Å². The number of aromatic nitrogens is 1. The Bertz CT molecular complexity index is 1170. The average Bonchev–Trinajstić information content (AvgIpc) is 3.26. The molecule has 0 saturated carbocycles. The number of benzene rings is 1. The number of pyridine rings is 1. The molecule has 0 unspecified atom stereocenters. The summed E-state index contributed by atoms with van der Waals surface area (Å²) in [7, 11) is 0. The highest BCUT2D eigenvalue weighted by Crippen LogP contribution is 2.42. The molecule has 0 amide bonds. The van der Waals surface area contributed by atoms with E-state index in [9.17, 15) is 15.4 Å². The van der Waals surface area contributed by atoms with Gasteiger partial charge in [-0.05, 0) is 61.1 Å². The number of nitro benzene ring substituents is 1. The summed E-state index contributed by atoms with van der Waals surface area (Å²) in [6.07, 6.45) is 5.97. The van der Waals surface area contributed by atoms with Gasteiger partial charge in [0.1, 0.15) is 17.4 Å². The van der Waals surface area contributed by atoms with Crippen molar-refractivity contribution >= 4 is 17.3 Å². The lowest BCUT2D eigenvalue weighted by Gasteiger charge is -2.23. The number of furan rings is 1. The Balaban J connectivity index is 2.00. The number of nitriles is 1. The number of non-ortho nitro benzene ring substituents is 1. The fraction of sp³-hybridized carbons (Fsp3) is 0.217. The van der Waals surface area contributed by atoms with Crippen LogP contribution in [0.4, 0.5) is 5.69 Å². The minimum atomic E-state index is -0.436. The van der Waals surface area contributed by atoms with Crippen LogP contribution in [0.5, 0.6) is 5.88 Å². The lowest BCUT2D eigenvalue weighted by molar-refractivity contribution is -0.384. The molecule has 0 radical (unpaired) electrons. The van der Waals surface area contributed by atoms with Gasteiger partial charge in [-0.1, -0.05) is 12.1 Å². The summed E-state index contributed by atoms with van der Waals surface area (Å²) >= 11 is 0. The second-order valence-electron chi connectivity index (χ2n) is 6.88. The molecular weight excluding hydrogens is 382 g/mol. The average molecular weight is 401 g/mol. The molecule has 7 nitrogen and oxygen atoms in total. The van der Waals surface area contributed by atoms with Crippen molar-refractivity contribution in [1.82, 2.24) is 4.98 Å². The van der Waals surface area contributed by atoms with E-state index in [1.165, 1.54) is 12.1 Å². The molecular formula is C23H19N3O4. The Morgan fingerprint density at radius 2 is 2.20 bits per heavy atom. The third-order valence-electron chi connectivity index (χ3n) is 5.04. The molecule has 4 rings (SSSR count). The van der Waals surface area contributed by atoms with Crippen LogP contribution in [0, 0.1) is 21.4 Å². The summed E-state index contributed by atoms with van der Waals surface area (Å²) in [6, 6.07) is 12.3. The van der Waals surface area contributed by atoms with Gasteiger partial charge in [-0.15, -0.1) is 0 Å². The van der Waals surface area contributed by atoms with Crippen LogP contribution in [0.3, 0.4) is 0 Å². The lowest BCUT2D eigenvalue weighted by Crippen LogP contribution is -2.11. The van der Waals surface area contributed by atoms with E-state index in [2.05, 4.69) is 6.07 Å². The second kappa shape index (κ2) is 8.21. The van der Waals surface area contributed by atoms with Gasteiger partial charge in [-0.25, -0.2) is 4.98 Å². The van der Waals surface area contributed by atoms with E-state index in [1.54, 1.807) is 18.4 Å². The predicted molar refractivity (Wildman–Crippen MR) is 112 cm³/mol. The molecule has 150 valence electrons. The number of hydrogen-bond acceptors (Lipinski definition) is 6. The molecule has 0 bridgehead atoms. The molecule has 0 aliphatic heterocycles. The molecule has 0 N–H and O–H groups in total. The maximum absolute atomic E-state index is 11.3. The number of nitro groups is 1. The molecule has 0 atom stereocenters. The van der Waals surface area contributed by atoms with Gasteiger partial charge >= 0.3 is 0 Å². The fourth-order valence-corrected chi connectivity index (χ4v) is 3.81. The Hall–Kier alpha value is -3.92. The molecule has 30 heavy (non-hydrogen) atoms. The number of fused-ring (bicyclic) bond motifs is 1. The fourth-order valence-electron chi connectivity index (χ4n) is 3.81.